The zero-order chi connectivity index (χ0) is 19.2. The van der Waals surface area contributed by atoms with E-state index in [0.29, 0.717) is 22.5 Å². The largest absolute Gasteiger partial charge is 0.351 e. The fourth-order valence-corrected chi connectivity index (χ4v) is 3.41. The van der Waals surface area contributed by atoms with Crippen LogP contribution in [-0.2, 0) is 17.8 Å². The monoisotopic (exact) mass is 380 g/mol. The Bertz CT molecular complexity index is 965. The maximum absolute atomic E-state index is 12.4. The molecule has 136 valence electrons. The topological polar surface area (TPSA) is 89.3 Å². The lowest BCUT2D eigenvalue weighted by atomic mass is 10.1. The van der Waals surface area contributed by atoms with E-state index in [-0.39, 0.29) is 23.8 Å². The molecule has 0 aliphatic heterocycles. The third kappa shape index (κ3) is 4.86. The van der Waals surface area contributed by atoms with Gasteiger partial charge in [0.05, 0.1) is 22.8 Å². The van der Waals surface area contributed by atoms with E-state index in [4.69, 9.17) is 0 Å². The molecule has 0 fully saturated rings. The van der Waals surface area contributed by atoms with E-state index in [2.05, 4.69) is 5.32 Å². The van der Waals surface area contributed by atoms with Gasteiger partial charge in [0.2, 0.25) is 11.7 Å². The molecule has 0 aliphatic rings. The Labute approximate surface area is 159 Å². The number of non-ortho nitro benzene ring substituents is 1. The highest BCUT2D eigenvalue weighted by atomic mass is 32.1. The van der Waals surface area contributed by atoms with Gasteiger partial charge >= 0.3 is 0 Å². The number of thiophene rings is 1. The summed E-state index contributed by atoms with van der Waals surface area (Å²) in [6, 6.07) is 18.5. The van der Waals surface area contributed by atoms with E-state index in [9.17, 15) is 19.7 Å². The second-order valence-electron chi connectivity index (χ2n) is 5.84. The van der Waals surface area contributed by atoms with Crippen LogP contribution in [0.3, 0.4) is 0 Å². The highest BCUT2D eigenvalue weighted by Crippen LogP contribution is 2.20. The first-order valence-electron chi connectivity index (χ1n) is 8.21. The van der Waals surface area contributed by atoms with E-state index < -0.39 is 4.92 Å². The summed E-state index contributed by atoms with van der Waals surface area (Å²) in [4.78, 5) is 36.1. The van der Waals surface area contributed by atoms with Crippen molar-refractivity contribution in [3.8, 4) is 0 Å². The molecule has 0 atom stereocenters. The number of nitrogens with one attached hydrogen (secondary N) is 1. The van der Waals surface area contributed by atoms with Gasteiger partial charge in [-0.3, -0.25) is 19.7 Å². The van der Waals surface area contributed by atoms with Crippen LogP contribution in [0.15, 0.2) is 66.7 Å². The van der Waals surface area contributed by atoms with Crippen molar-refractivity contribution in [2.24, 2.45) is 0 Å². The zero-order valence-corrected chi connectivity index (χ0v) is 15.1. The maximum atomic E-state index is 12.4. The second kappa shape index (κ2) is 8.37. The molecule has 1 N–H and O–H groups in total. The minimum Gasteiger partial charge on any atom is -0.351 e. The molecule has 0 unspecified atom stereocenters. The zero-order valence-electron chi connectivity index (χ0n) is 14.3. The highest BCUT2D eigenvalue weighted by molar-refractivity contribution is 7.14. The molecule has 1 aromatic heterocycles. The molecule has 27 heavy (non-hydrogen) atoms. The van der Waals surface area contributed by atoms with E-state index in [1.165, 1.54) is 23.5 Å². The number of amides is 1. The van der Waals surface area contributed by atoms with Crippen LogP contribution in [0.4, 0.5) is 5.69 Å². The van der Waals surface area contributed by atoms with Gasteiger partial charge < -0.3 is 5.32 Å². The molecule has 0 radical (unpaired) electrons. The molecule has 3 aromatic rings. The number of nitro groups is 1. The Morgan fingerprint density at radius 2 is 1.67 bits per heavy atom. The minimum atomic E-state index is -0.477. The predicted molar refractivity (Wildman–Crippen MR) is 103 cm³/mol. The van der Waals surface area contributed by atoms with Gasteiger partial charge in [-0.05, 0) is 17.7 Å². The summed E-state index contributed by atoms with van der Waals surface area (Å²) in [5.41, 5.74) is 1.32. The third-order valence-electron chi connectivity index (χ3n) is 3.89. The molecule has 0 saturated heterocycles. The first kappa shape index (κ1) is 18.5. The van der Waals surface area contributed by atoms with Gasteiger partial charge in [-0.1, -0.05) is 42.5 Å². The lowest BCUT2D eigenvalue weighted by molar-refractivity contribution is -0.384. The number of nitrogens with zero attached hydrogens (tertiary/aromatic N) is 1. The lowest BCUT2D eigenvalue weighted by Gasteiger charge is -2.04. The Morgan fingerprint density at radius 1 is 0.963 bits per heavy atom. The molecule has 0 spiro atoms. The van der Waals surface area contributed by atoms with Crippen molar-refractivity contribution in [2.75, 3.05) is 0 Å². The number of ketones is 1. The average Bonchev–Trinajstić information content (AvgIpc) is 3.16. The van der Waals surface area contributed by atoms with Crippen LogP contribution in [0, 0.1) is 10.1 Å². The summed E-state index contributed by atoms with van der Waals surface area (Å²) in [5, 5.41) is 13.4. The van der Waals surface area contributed by atoms with E-state index in [1.54, 1.807) is 30.3 Å². The molecule has 0 bridgehead atoms. The fraction of sp³-hybridized carbons (Fsp3) is 0.100. The second-order valence-corrected chi connectivity index (χ2v) is 7.01. The summed E-state index contributed by atoms with van der Waals surface area (Å²) in [7, 11) is 0. The number of rotatable bonds is 7. The first-order valence-corrected chi connectivity index (χ1v) is 9.03. The lowest BCUT2D eigenvalue weighted by Crippen LogP contribution is -2.24. The van der Waals surface area contributed by atoms with Crippen molar-refractivity contribution in [3.63, 3.8) is 0 Å². The third-order valence-corrected chi connectivity index (χ3v) is 4.98. The van der Waals surface area contributed by atoms with E-state index in [1.807, 2.05) is 24.3 Å². The summed E-state index contributed by atoms with van der Waals surface area (Å²) in [5.74, 6) is -0.225. The van der Waals surface area contributed by atoms with Gasteiger partial charge in [-0.25, -0.2) is 0 Å². The first-order chi connectivity index (χ1) is 13.0. The average molecular weight is 380 g/mol. The van der Waals surface area contributed by atoms with Crippen molar-refractivity contribution in [1.29, 1.82) is 0 Å². The van der Waals surface area contributed by atoms with Gasteiger partial charge in [-0.15, -0.1) is 11.3 Å². The SMILES string of the molecule is O=C(Cc1ccc([N+](=O)[O-])cc1)NCc1ccc(C(=O)c2ccccc2)s1. The highest BCUT2D eigenvalue weighted by Gasteiger charge is 2.12. The molecular weight excluding hydrogens is 364 g/mol. The summed E-state index contributed by atoms with van der Waals surface area (Å²) in [6.45, 7) is 0.332. The van der Waals surface area contributed by atoms with Crippen LogP contribution in [0.5, 0.6) is 0 Å². The maximum Gasteiger partial charge on any atom is 0.269 e. The Balaban J connectivity index is 1.54. The number of nitro benzene ring substituents is 1. The number of carbonyl (C=O) groups is 2. The molecule has 1 amide bonds. The summed E-state index contributed by atoms with van der Waals surface area (Å²) >= 11 is 1.35. The van der Waals surface area contributed by atoms with Crippen molar-refractivity contribution >= 4 is 28.7 Å². The van der Waals surface area contributed by atoms with Crippen LogP contribution in [-0.4, -0.2) is 16.6 Å². The molecule has 0 aliphatic carbocycles. The van der Waals surface area contributed by atoms with Crippen molar-refractivity contribution in [3.05, 3.63) is 97.7 Å². The normalized spacial score (nSPS) is 10.4. The number of hydrogen-bond acceptors (Lipinski definition) is 5. The molecule has 7 heteroatoms. The minimum absolute atomic E-state index is 0.00615. The molecule has 3 rings (SSSR count). The molecule has 0 saturated carbocycles. The van der Waals surface area contributed by atoms with Gasteiger partial charge in [0.1, 0.15) is 0 Å². The quantitative estimate of drug-likeness (QED) is 0.384. The smallest absolute Gasteiger partial charge is 0.269 e. The molecule has 2 aromatic carbocycles. The molecule has 6 nitrogen and oxygen atoms in total. The van der Waals surface area contributed by atoms with E-state index in [0.717, 1.165) is 4.88 Å². The molecular formula is C20H16N2O4S. The predicted octanol–water partition coefficient (Wildman–Crippen LogP) is 3.75. The van der Waals surface area contributed by atoms with Crippen molar-refractivity contribution in [2.45, 2.75) is 13.0 Å². The molecule has 1 heterocycles. The van der Waals surface area contributed by atoms with E-state index >= 15 is 0 Å². The van der Waals surface area contributed by atoms with Crippen molar-refractivity contribution < 1.29 is 14.5 Å². The van der Waals surface area contributed by atoms with Gasteiger partial charge in [-0.2, -0.15) is 0 Å². The summed E-state index contributed by atoms with van der Waals surface area (Å²) < 4.78 is 0. The Kier molecular flexibility index (Phi) is 5.73. The number of benzene rings is 2. The van der Waals surface area contributed by atoms with Crippen LogP contribution >= 0.6 is 11.3 Å². The van der Waals surface area contributed by atoms with Crippen molar-refractivity contribution in [1.82, 2.24) is 5.32 Å². The van der Waals surface area contributed by atoms with Crippen LogP contribution < -0.4 is 5.32 Å². The fourth-order valence-electron chi connectivity index (χ4n) is 2.50. The summed E-state index contributed by atoms with van der Waals surface area (Å²) in [6.07, 6.45) is 0.138. The van der Waals surface area contributed by atoms with Crippen LogP contribution in [0.2, 0.25) is 0 Å². The Hall–Kier alpha value is -3.32. The number of carbonyl (C=O) groups excluding carboxylic acids is 2. The standard InChI is InChI=1S/C20H16N2O4S/c23-19(12-14-6-8-16(9-7-14)22(25)26)21-13-17-10-11-18(27-17)20(24)15-4-2-1-3-5-15/h1-11H,12-13H2,(H,21,23). The van der Waals surface area contributed by atoms with Crippen LogP contribution in [0.25, 0.3) is 0 Å². The van der Waals surface area contributed by atoms with Gasteiger partial charge in [0.25, 0.3) is 5.69 Å². The van der Waals surface area contributed by atoms with Gasteiger partial charge in [0.15, 0.2) is 0 Å². The number of hydrogen-bond donors (Lipinski definition) is 1. The Morgan fingerprint density at radius 3 is 2.33 bits per heavy atom. The van der Waals surface area contributed by atoms with Crippen LogP contribution in [0.1, 0.15) is 25.7 Å². The van der Waals surface area contributed by atoms with Gasteiger partial charge in [0, 0.05) is 22.6 Å².